The SMILES string of the molecule is OCCOCCOCCOc1ccc(CCC[N+]2(CCCc3ccc(OCCOCCOCCO)cc3)CCCCC2)cc1. The van der Waals surface area contributed by atoms with Gasteiger partial charge in [0, 0.05) is 12.8 Å². The van der Waals surface area contributed by atoms with E-state index in [1.807, 2.05) is 0 Å². The number of rotatable bonds is 26. The van der Waals surface area contributed by atoms with Crippen LogP contribution in [0.15, 0.2) is 48.5 Å². The molecular weight excluding hydrogens is 562 g/mol. The third-order valence-corrected chi connectivity index (χ3v) is 8.02. The summed E-state index contributed by atoms with van der Waals surface area (Å²) < 4.78 is 34.2. The summed E-state index contributed by atoms with van der Waals surface area (Å²) in [5, 5.41) is 17.4. The molecule has 0 aliphatic carbocycles. The zero-order valence-electron chi connectivity index (χ0n) is 26.7. The van der Waals surface area contributed by atoms with Crippen LogP contribution in [0.4, 0.5) is 0 Å². The van der Waals surface area contributed by atoms with E-state index in [9.17, 15) is 0 Å². The van der Waals surface area contributed by atoms with E-state index in [-0.39, 0.29) is 13.2 Å². The third-order valence-electron chi connectivity index (χ3n) is 8.02. The molecule has 9 heteroatoms. The van der Waals surface area contributed by atoms with Gasteiger partial charge in [0.2, 0.25) is 0 Å². The van der Waals surface area contributed by atoms with E-state index in [4.69, 9.17) is 38.6 Å². The number of ether oxygens (including phenoxy) is 6. The van der Waals surface area contributed by atoms with Crippen LogP contribution in [0.5, 0.6) is 11.5 Å². The van der Waals surface area contributed by atoms with Crippen molar-refractivity contribution in [2.24, 2.45) is 0 Å². The number of benzene rings is 2. The van der Waals surface area contributed by atoms with Crippen molar-refractivity contribution in [3.63, 3.8) is 0 Å². The summed E-state index contributed by atoms with van der Waals surface area (Å²) in [5.41, 5.74) is 2.73. The molecule has 1 heterocycles. The Labute approximate surface area is 264 Å². The highest BCUT2D eigenvalue weighted by Gasteiger charge is 2.28. The van der Waals surface area contributed by atoms with Gasteiger partial charge in [0.15, 0.2) is 0 Å². The third kappa shape index (κ3) is 15.7. The molecule has 1 aliphatic rings. The van der Waals surface area contributed by atoms with Gasteiger partial charge < -0.3 is 43.1 Å². The van der Waals surface area contributed by atoms with Gasteiger partial charge in [-0.2, -0.15) is 0 Å². The molecule has 1 saturated heterocycles. The lowest BCUT2D eigenvalue weighted by molar-refractivity contribution is -0.932. The van der Waals surface area contributed by atoms with Gasteiger partial charge >= 0.3 is 0 Å². The van der Waals surface area contributed by atoms with Crippen LogP contribution in [0, 0.1) is 0 Å². The highest BCUT2D eigenvalue weighted by molar-refractivity contribution is 5.28. The first kappa shape index (κ1) is 36.2. The normalized spacial score (nSPS) is 14.5. The van der Waals surface area contributed by atoms with E-state index >= 15 is 0 Å². The zero-order valence-corrected chi connectivity index (χ0v) is 26.7. The average Bonchev–Trinajstić information content (AvgIpc) is 3.05. The molecule has 2 aromatic rings. The Morgan fingerprint density at radius 1 is 0.477 bits per heavy atom. The van der Waals surface area contributed by atoms with E-state index < -0.39 is 0 Å². The van der Waals surface area contributed by atoms with Crippen molar-refractivity contribution in [2.45, 2.75) is 44.9 Å². The Morgan fingerprint density at radius 2 is 0.864 bits per heavy atom. The van der Waals surface area contributed by atoms with Crippen molar-refractivity contribution in [2.75, 3.05) is 105 Å². The van der Waals surface area contributed by atoms with Crippen LogP contribution < -0.4 is 9.47 Å². The number of nitrogens with zero attached hydrogens (tertiary/aromatic N) is 1. The average molecular weight is 619 g/mol. The molecule has 3 rings (SSSR count). The number of aliphatic hydroxyl groups is 2. The number of quaternary nitrogens is 1. The lowest BCUT2D eigenvalue weighted by Gasteiger charge is -2.42. The standard InChI is InChI=1S/C35H56NO8/c37-20-22-39-24-26-41-28-30-43-34-12-8-32(9-13-34)6-4-18-36(16-2-1-3-17-36)19-5-7-33-10-14-35(15-11-33)44-31-29-42-27-25-40-23-21-38/h8-15,37-38H,1-7,16-31H2/q+1. The van der Waals surface area contributed by atoms with Crippen LogP contribution >= 0.6 is 0 Å². The largest absolute Gasteiger partial charge is 0.491 e. The van der Waals surface area contributed by atoms with E-state index in [1.54, 1.807) is 0 Å². The number of aryl methyl sites for hydroxylation is 2. The molecule has 0 aromatic heterocycles. The van der Waals surface area contributed by atoms with E-state index in [2.05, 4.69) is 48.5 Å². The number of likely N-dealkylation sites (tertiary alicyclic amines) is 1. The van der Waals surface area contributed by atoms with Crippen LogP contribution in [-0.2, 0) is 31.8 Å². The van der Waals surface area contributed by atoms with Crippen LogP contribution in [0.3, 0.4) is 0 Å². The molecule has 2 aromatic carbocycles. The Bertz CT molecular complexity index is 879. The molecule has 9 nitrogen and oxygen atoms in total. The Morgan fingerprint density at radius 3 is 1.27 bits per heavy atom. The second-order valence-electron chi connectivity index (χ2n) is 11.4. The predicted molar refractivity (Wildman–Crippen MR) is 172 cm³/mol. The molecule has 0 radical (unpaired) electrons. The van der Waals surface area contributed by atoms with Crippen LogP contribution in [0.25, 0.3) is 0 Å². The maximum Gasteiger partial charge on any atom is 0.119 e. The van der Waals surface area contributed by atoms with E-state index in [1.165, 1.54) is 73.9 Å². The monoisotopic (exact) mass is 618 g/mol. The molecule has 0 saturated carbocycles. The smallest absolute Gasteiger partial charge is 0.119 e. The van der Waals surface area contributed by atoms with Gasteiger partial charge in [-0.25, -0.2) is 0 Å². The zero-order chi connectivity index (χ0) is 31.0. The first-order valence-corrected chi connectivity index (χ1v) is 16.5. The first-order chi connectivity index (χ1) is 21.7. The molecule has 44 heavy (non-hydrogen) atoms. The number of aliphatic hydroxyl groups excluding tert-OH is 2. The van der Waals surface area contributed by atoms with Crippen molar-refractivity contribution >= 4 is 0 Å². The van der Waals surface area contributed by atoms with E-state index in [0.29, 0.717) is 66.1 Å². The number of hydrogen-bond donors (Lipinski definition) is 2. The lowest BCUT2D eigenvalue weighted by atomic mass is 10.0. The van der Waals surface area contributed by atoms with Crippen LogP contribution in [0.2, 0.25) is 0 Å². The maximum absolute atomic E-state index is 8.69. The van der Waals surface area contributed by atoms with Crippen LogP contribution in [0.1, 0.15) is 43.2 Å². The quantitative estimate of drug-likeness (QED) is 0.120. The number of piperidine rings is 1. The van der Waals surface area contributed by atoms with Crippen molar-refractivity contribution in [1.82, 2.24) is 0 Å². The topological polar surface area (TPSA) is 95.8 Å². The fourth-order valence-electron chi connectivity index (χ4n) is 5.69. The van der Waals surface area contributed by atoms with Crippen molar-refractivity contribution in [3.8, 4) is 11.5 Å². The summed E-state index contributed by atoms with van der Waals surface area (Å²) >= 11 is 0. The molecular formula is C35H56NO8+. The minimum atomic E-state index is 0.0383. The molecule has 0 amide bonds. The van der Waals surface area contributed by atoms with Gasteiger partial charge in [0.05, 0.1) is 92.2 Å². The predicted octanol–water partition coefficient (Wildman–Crippen LogP) is 4.06. The molecule has 1 fully saturated rings. The summed E-state index contributed by atoms with van der Waals surface area (Å²) in [6.45, 7) is 9.95. The summed E-state index contributed by atoms with van der Waals surface area (Å²) in [6, 6.07) is 17.0. The van der Waals surface area contributed by atoms with Crippen molar-refractivity contribution in [3.05, 3.63) is 59.7 Å². The highest BCUT2D eigenvalue weighted by atomic mass is 16.6. The Hall–Kier alpha value is -2.24. The van der Waals surface area contributed by atoms with Gasteiger partial charge in [0.1, 0.15) is 24.7 Å². The second-order valence-corrected chi connectivity index (χ2v) is 11.4. The number of hydrogen-bond acceptors (Lipinski definition) is 8. The lowest BCUT2D eigenvalue weighted by Crippen LogP contribution is -2.52. The maximum atomic E-state index is 8.69. The summed E-state index contributed by atoms with van der Waals surface area (Å²) in [6.07, 6.45) is 8.67. The van der Waals surface area contributed by atoms with Gasteiger partial charge in [-0.3, -0.25) is 0 Å². The van der Waals surface area contributed by atoms with Crippen LogP contribution in [-0.4, -0.2) is 120 Å². The van der Waals surface area contributed by atoms with Crippen molar-refractivity contribution < 1.29 is 43.1 Å². The molecule has 0 bridgehead atoms. The Balaban J connectivity index is 1.30. The fourth-order valence-corrected chi connectivity index (χ4v) is 5.69. The van der Waals surface area contributed by atoms with Gasteiger partial charge in [0.25, 0.3) is 0 Å². The fraction of sp³-hybridized carbons (Fsp3) is 0.657. The van der Waals surface area contributed by atoms with E-state index in [0.717, 1.165) is 24.3 Å². The summed E-state index contributed by atoms with van der Waals surface area (Å²) in [7, 11) is 0. The molecule has 2 N–H and O–H groups in total. The van der Waals surface area contributed by atoms with Gasteiger partial charge in [-0.15, -0.1) is 0 Å². The molecule has 0 unspecified atom stereocenters. The second kappa shape index (κ2) is 23.1. The van der Waals surface area contributed by atoms with Gasteiger partial charge in [-0.1, -0.05) is 24.3 Å². The molecule has 0 atom stereocenters. The van der Waals surface area contributed by atoms with Crippen molar-refractivity contribution in [1.29, 1.82) is 0 Å². The summed E-state index contributed by atoms with van der Waals surface area (Å²) in [5.74, 6) is 1.75. The van der Waals surface area contributed by atoms with Gasteiger partial charge in [-0.05, 0) is 67.5 Å². The first-order valence-electron chi connectivity index (χ1n) is 16.5. The molecule has 248 valence electrons. The molecule has 0 spiro atoms. The molecule has 1 aliphatic heterocycles. The summed E-state index contributed by atoms with van der Waals surface area (Å²) in [4.78, 5) is 0. The highest BCUT2D eigenvalue weighted by Crippen LogP contribution is 2.23. The Kier molecular flexibility index (Phi) is 19.1. The minimum absolute atomic E-state index is 0.0383. The minimum Gasteiger partial charge on any atom is -0.491 e.